The van der Waals surface area contributed by atoms with Crippen LogP contribution in [0.1, 0.15) is 16.8 Å². The first kappa shape index (κ1) is 14.6. The van der Waals surface area contributed by atoms with Gasteiger partial charge in [0, 0.05) is 11.7 Å². The molecule has 5 nitrogen and oxygen atoms in total. The van der Waals surface area contributed by atoms with Gasteiger partial charge in [-0.05, 0) is 24.6 Å². The van der Waals surface area contributed by atoms with Crippen molar-refractivity contribution in [3.8, 4) is 0 Å². The van der Waals surface area contributed by atoms with Gasteiger partial charge in [0.25, 0.3) is 0 Å². The summed E-state index contributed by atoms with van der Waals surface area (Å²) in [5.41, 5.74) is 6.42. The molecule has 0 radical (unpaired) electrons. The zero-order chi connectivity index (χ0) is 14.7. The van der Waals surface area contributed by atoms with Crippen molar-refractivity contribution < 1.29 is 14.3 Å². The predicted molar refractivity (Wildman–Crippen MR) is 76.6 cm³/mol. The summed E-state index contributed by atoms with van der Waals surface area (Å²) < 4.78 is 4.63. The number of esters is 1. The zero-order valence-corrected chi connectivity index (χ0v) is 11.7. The molecule has 0 saturated carbocycles. The van der Waals surface area contributed by atoms with Gasteiger partial charge in [0.1, 0.15) is 0 Å². The number of halogens is 1. The van der Waals surface area contributed by atoms with E-state index in [-0.39, 0.29) is 28.5 Å². The Morgan fingerprint density at radius 3 is 2.75 bits per heavy atom. The van der Waals surface area contributed by atoms with Gasteiger partial charge < -0.3 is 15.8 Å². The lowest BCUT2D eigenvalue weighted by Crippen LogP contribution is -2.24. The van der Waals surface area contributed by atoms with E-state index >= 15 is 0 Å². The number of ether oxygens (including phenoxy) is 1. The van der Waals surface area contributed by atoms with Crippen molar-refractivity contribution in [3.63, 3.8) is 0 Å². The number of benzene rings is 1. The number of carbonyl (C=O) groups is 2. The first-order valence-electron chi connectivity index (χ1n) is 6.14. The number of hydrogen-bond donors (Lipinski definition) is 2. The Balaban J connectivity index is 2.12. The molecular weight excluding hydrogens is 280 g/mol. The number of anilines is 1. The van der Waals surface area contributed by atoms with E-state index in [0.29, 0.717) is 12.1 Å². The molecule has 106 valence electrons. The Hall–Kier alpha value is -1.85. The number of nitrogens with one attached hydrogen (secondary N) is 1. The minimum atomic E-state index is -0.547. The van der Waals surface area contributed by atoms with E-state index in [0.717, 1.165) is 0 Å². The molecule has 1 amide bonds. The Bertz CT molecular complexity index is 572. The van der Waals surface area contributed by atoms with Gasteiger partial charge in [-0.1, -0.05) is 23.8 Å². The Kier molecular flexibility index (Phi) is 4.42. The van der Waals surface area contributed by atoms with Crippen molar-refractivity contribution in [1.82, 2.24) is 0 Å². The molecule has 1 aliphatic rings. The second-order valence-corrected chi connectivity index (χ2v) is 4.97. The monoisotopic (exact) mass is 294 g/mol. The highest BCUT2D eigenvalue weighted by Crippen LogP contribution is 2.23. The van der Waals surface area contributed by atoms with Crippen LogP contribution in [0.25, 0.3) is 0 Å². The second kappa shape index (κ2) is 6.07. The fraction of sp³-hybridized carbons (Fsp3) is 0.286. The van der Waals surface area contributed by atoms with Crippen LogP contribution >= 0.6 is 11.6 Å². The summed E-state index contributed by atoms with van der Waals surface area (Å²) in [6.45, 7) is 0. The molecule has 6 heteroatoms. The lowest BCUT2D eigenvalue weighted by molar-refractivity contribution is -0.118. The van der Waals surface area contributed by atoms with E-state index in [1.807, 2.05) is 6.08 Å². The molecule has 0 spiro atoms. The highest BCUT2D eigenvalue weighted by molar-refractivity contribution is 6.33. The fourth-order valence-electron chi connectivity index (χ4n) is 2.03. The number of rotatable bonds is 3. The van der Waals surface area contributed by atoms with Crippen LogP contribution in [0.4, 0.5) is 5.69 Å². The molecule has 0 heterocycles. The fourth-order valence-corrected chi connectivity index (χ4v) is 2.22. The smallest absolute Gasteiger partial charge is 0.339 e. The lowest BCUT2D eigenvalue weighted by Gasteiger charge is -2.11. The van der Waals surface area contributed by atoms with Crippen LogP contribution in [0, 0.1) is 5.92 Å². The van der Waals surface area contributed by atoms with E-state index in [1.54, 1.807) is 18.2 Å². The molecule has 1 aromatic carbocycles. The third-order valence-corrected chi connectivity index (χ3v) is 3.42. The normalized spacial score (nSPS) is 20.8. The van der Waals surface area contributed by atoms with Crippen LogP contribution in [0.5, 0.6) is 0 Å². The summed E-state index contributed by atoms with van der Waals surface area (Å²) in [7, 11) is 1.27. The number of hydrogen-bond acceptors (Lipinski definition) is 4. The maximum Gasteiger partial charge on any atom is 0.339 e. The van der Waals surface area contributed by atoms with Gasteiger partial charge in [-0.2, -0.15) is 0 Å². The number of carbonyl (C=O) groups excluding carboxylic acids is 2. The van der Waals surface area contributed by atoms with Crippen LogP contribution in [-0.4, -0.2) is 25.0 Å². The first-order valence-corrected chi connectivity index (χ1v) is 6.51. The molecule has 0 bridgehead atoms. The predicted octanol–water partition coefficient (Wildman–Crippen LogP) is 1.97. The third kappa shape index (κ3) is 3.18. The molecular formula is C14H15ClN2O3. The summed E-state index contributed by atoms with van der Waals surface area (Å²) in [6.07, 6.45) is 4.19. The lowest BCUT2D eigenvalue weighted by atomic mass is 10.1. The summed E-state index contributed by atoms with van der Waals surface area (Å²) in [4.78, 5) is 23.6. The molecule has 0 aromatic heterocycles. The van der Waals surface area contributed by atoms with Crippen LogP contribution < -0.4 is 11.1 Å². The van der Waals surface area contributed by atoms with Gasteiger partial charge in [0.15, 0.2) is 0 Å². The van der Waals surface area contributed by atoms with Crippen LogP contribution in [0.15, 0.2) is 30.4 Å². The highest BCUT2D eigenvalue weighted by Gasteiger charge is 2.23. The molecule has 3 N–H and O–H groups in total. The van der Waals surface area contributed by atoms with E-state index in [4.69, 9.17) is 17.3 Å². The average molecular weight is 295 g/mol. The number of nitrogens with two attached hydrogens (primary N) is 1. The quantitative estimate of drug-likeness (QED) is 0.659. The largest absolute Gasteiger partial charge is 0.465 e. The SMILES string of the molecule is COC(=O)c1cc(NC(=O)C2C=CC(N)C2)ccc1Cl. The van der Waals surface area contributed by atoms with Crippen molar-refractivity contribution in [2.45, 2.75) is 12.5 Å². The van der Waals surface area contributed by atoms with Gasteiger partial charge in [-0.15, -0.1) is 0 Å². The van der Waals surface area contributed by atoms with Crippen molar-refractivity contribution >= 4 is 29.2 Å². The van der Waals surface area contributed by atoms with Crippen LogP contribution in [0.2, 0.25) is 5.02 Å². The van der Waals surface area contributed by atoms with Crippen molar-refractivity contribution in [3.05, 3.63) is 40.9 Å². The van der Waals surface area contributed by atoms with Gasteiger partial charge in [-0.25, -0.2) is 4.79 Å². The second-order valence-electron chi connectivity index (χ2n) is 4.57. The topological polar surface area (TPSA) is 81.4 Å². The highest BCUT2D eigenvalue weighted by atomic mass is 35.5. The third-order valence-electron chi connectivity index (χ3n) is 3.09. The summed E-state index contributed by atoms with van der Waals surface area (Å²) in [5.74, 6) is -0.955. The molecule has 2 unspecified atom stereocenters. The van der Waals surface area contributed by atoms with E-state index in [9.17, 15) is 9.59 Å². The van der Waals surface area contributed by atoms with Crippen molar-refractivity contribution in [2.24, 2.45) is 11.7 Å². The Labute approximate surface area is 121 Å². The Morgan fingerprint density at radius 1 is 1.40 bits per heavy atom. The molecule has 0 fully saturated rings. The molecule has 0 saturated heterocycles. The standard InChI is InChI=1S/C14H15ClN2O3/c1-20-14(19)11-7-10(4-5-12(11)15)17-13(18)8-2-3-9(16)6-8/h2-5,7-9H,6,16H2,1H3,(H,17,18). The maximum atomic E-state index is 12.0. The van der Waals surface area contributed by atoms with Crippen LogP contribution in [-0.2, 0) is 9.53 Å². The summed E-state index contributed by atoms with van der Waals surface area (Å²) in [6, 6.07) is 4.58. The first-order chi connectivity index (χ1) is 9.51. The Morgan fingerprint density at radius 2 is 2.15 bits per heavy atom. The van der Waals surface area contributed by atoms with Gasteiger partial charge >= 0.3 is 5.97 Å². The molecule has 2 rings (SSSR count). The van der Waals surface area contributed by atoms with Crippen LogP contribution in [0.3, 0.4) is 0 Å². The van der Waals surface area contributed by atoms with Gasteiger partial charge in [-0.3, -0.25) is 4.79 Å². The number of methoxy groups -OCH3 is 1. The maximum absolute atomic E-state index is 12.0. The molecule has 0 aliphatic heterocycles. The molecule has 1 aliphatic carbocycles. The van der Waals surface area contributed by atoms with E-state index in [1.165, 1.54) is 13.2 Å². The van der Waals surface area contributed by atoms with Gasteiger partial charge in [0.05, 0.1) is 23.6 Å². The average Bonchev–Trinajstić information content (AvgIpc) is 2.87. The molecule has 1 aromatic rings. The van der Waals surface area contributed by atoms with E-state index < -0.39 is 5.97 Å². The summed E-state index contributed by atoms with van der Waals surface area (Å²) >= 11 is 5.91. The zero-order valence-electron chi connectivity index (χ0n) is 10.9. The summed E-state index contributed by atoms with van der Waals surface area (Å²) in [5, 5.41) is 3.01. The molecule has 20 heavy (non-hydrogen) atoms. The van der Waals surface area contributed by atoms with E-state index in [2.05, 4.69) is 10.1 Å². The minimum Gasteiger partial charge on any atom is -0.465 e. The van der Waals surface area contributed by atoms with Crippen molar-refractivity contribution in [1.29, 1.82) is 0 Å². The minimum absolute atomic E-state index is 0.0819. The van der Waals surface area contributed by atoms with Crippen molar-refractivity contribution in [2.75, 3.05) is 12.4 Å². The van der Waals surface area contributed by atoms with Gasteiger partial charge in [0.2, 0.25) is 5.91 Å². The molecule has 2 atom stereocenters. The number of amides is 1.